The Morgan fingerprint density at radius 3 is 2.67 bits per heavy atom. The topological polar surface area (TPSA) is 28.2 Å². The largest absolute Gasteiger partial charge is 0.356 e. The van der Waals surface area contributed by atoms with Gasteiger partial charge in [-0.05, 0) is 29.3 Å². The fourth-order valence-electron chi connectivity index (χ4n) is 3.18. The minimum Gasteiger partial charge on any atom is -0.356 e. The Morgan fingerprint density at radius 1 is 1.24 bits per heavy atom. The van der Waals surface area contributed by atoms with Gasteiger partial charge in [-0.3, -0.25) is 0 Å². The zero-order chi connectivity index (χ0) is 14.9. The Labute approximate surface area is 127 Å². The molecule has 1 saturated heterocycles. The van der Waals surface area contributed by atoms with Gasteiger partial charge in [0.15, 0.2) is 0 Å². The van der Waals surface area contributed by atoms with Crippen LogP contribution in [0.1, 0.15) is 32.8 Å². The van der Waals surface area contributed by atoms with Gasteiger partial charge in [0, 0.05) is 31.2 Å². The summed E-state index contributed by atoms with van der Waals surface area (Å²) in [6, 6.07) is 8.66. The van der Waals surface area contributed by atoms with E-state index in [1.807, 2.05) is 6.20 Å². The third-order valence-corrected chi connectivity index (χ3v) is 4.40. The highest BCUT2D eigenvalue weighted by Crippen LogP contribution is 2.35. The van der Waals surface area contributed by atoms with Crippen molar-refractivity contribution in [3.63, 3.8) is 0 Å². The molecule has 0 radical (unpaired) electrons. The van der Waals surface area contributed by atoms with Gasteiger partial charge < -0.3 is 10.2 Å². The number of nitrogens with one attached hydrogen (secondary N) is 1. The Kier molecular flexibility index (Phi) is 3.85. The van der Waals surface area contributed by atoms with E-state index >= 15 is 0 Å². The van der Waals surface area contributed by atoms with E-state index in [1.165, 1.54) is 22.8 Å². The summed E-state index contributed by atoms with van der Waals surface area (Å²) in [6.45, 7) is 10.9. The first-order valence-electron chi connectivity index (χ1n) is 7.93. The third-order valence-electron chi connectivity index (χ3n) is 4.40. The van der Waals surface area contributed by atoms with Gasteiger partial charge in [-0.2, -0.15) is 0 Å². The fraction of sp³-hybridized carbons (Fsp3) is 0.500. The average Bonchev–Trinajstić information content (AvgIpc) is 2.84. The summed E-state index contributed by atoms with van der Waals surface area (Å²) in [7, 11) is 0. The molecule has 0 bridgehead atoms. The van der Waals surface area contributed by atoms with Gasteiger partial charge in [0.25, 0.3) is 0 Å². The summed E-state index contributed by atoms with van der Waals surface area (Å²) < 4.78 is 0. The van der Waals surface area contributed by atoms with Crippen LogP contribution in [0.3, 0.4) is 0 Å². The highest BCUT2D eigenvalue weighted by atomic mass is 15.2. The molecule has 1 aliphatic rings. The van der Waals surface area contributed by atoms with Crippen molar-refractivity contribution in [3.8, 4) is 0 Å². The van der Waals surface area contributed by atoms with Gasteiger partial charge >= 0.3 is 0 Å². The Balaban J connectivity index is 2.01. The minimum absolute atomic E-state index is 0.394. The maximum atomic E-state index is 4.79. The maximum absolute atomic E-state index is 4.79. The van der Waals surface area contributed by atoms with Crippen LogP contribution >= 0.6 is 0 Å². The number of nitrogens with zero attached hydrogens (tertiary/aromatic N) is 2. The number of hydrogen-bond acceptors (Lipinski definition) is 3. The molecule has 21 heavy (non-hydrogen) atoms. The predicted molar refractivity (Wildman–Crippen MR) is 89.7 cm³/mol. The first kappa shape index (κ1) is 14.3. The van der Waals surface area contributed by atoms with E-state index in [-0.39, 0.29) is 0 Å². The predicted octanol–water partition coefficient (Wildman–Crippen LogP) is 3.58. The van der Waals surface area contributed by atoms with E-state index in [9.17, 15) is 0 Å². The molecule has 0 unspecified atom stereocenters. The van der Waals surface area contributed by atoms with Crippen LogP contribution in [-0.2, 0) is 6.54 Å². The monoisotopic (exact) mass is 283 g/mol. The number of benzene rings is 1. The molecule has 0 saturated carbocycles. The van der Waals surface area contributed by atoms with Crippen molar-refractivity contribution in [1.82, 2.24) is 10.3 Å². The smallest absolute Gasteiger partial charge is 0.136 e. The Hall–Kier alpha value is -1.61. The van der Waals surface area contributed by atoms with Gasteiger partial charge in [0.1, 0.15) is 5.82 Å². The SMILES string of the molecule is CCNCc1cnc(N2CCC(C)(C)C2)c2ccccc12. The van der Waals surface area contributed by atoms with E-state index in [1.54, 1.807) is 0 Å². The molecule has 1 N–H and O–H groups in total. The molecule has 2 heterocycles. The zero-order valence-corrected chi connectivity index (χ0v) is 13.3. The van der Waals surface area contributed by atoms with Crippen LogP contribution in [0.15, 0.2) is 30.5 Å². The van der Waals surface area contributed by atoms with Gasteiger partial charge in [0.05, 0.1) is 0 Å². The lowest BCUT2D eigenvalue weighted by Gasteiger charge is -2.22. The molecule has 1 fully saturated rings. The highest BCUT2D eigenvalue weighted by molar-refractivity contribution is 5.94. The standard InChI is InChI=1S/C18H25N3/c1-4-19-11-14-12-20-17(16-8-6-5-7-15(14)16)21-10-9-18(2,3)13-21/h5-8,12,19H,4,9-11,13H2,1-3H3. The molecular weight excluding hydrogens is 258 g/mol. The highest BCUT2D eigenvalue weighted by Gasteiger charge is 2.30. The second kappa shape index (κ2) is 5.64. The Bertz CT molecular complexity index is 633. The molecule has 1 aliphatic heterocycles. The quantitative estimate of drug-likeness (QED) is 0.929. The fourth-order valence-corrected chi connectivity index (χ4v) is 3.18. The van der Waals surface area contributed by atoms with Gasteiger partial charge in [-0.25, -0.2) is 4.98 Å². The van der Waals surface area contributed by atoms with E-state index in [4.69, 9.17) is 4.98 Å². The summed E-state index contributed by atoms with van der Waals surface area (Å²) >= 11 is 0. The number of fused-ring (bicyclic) bond motifs is 1. The van der Waals surface area contributed by atoms with Crippen LogP contribution in [0.4, 0.5) is 5.82 Å². The number of anilines is 1. The van der Waals surface area contributed by atoms with Crippen molar-refractivity contribution >= 4 is 16.6 Å². The van der Waals surface area contributed by atoms with Crippen molar-refractivity contribution < 1.29 is 0 Å². The molecule has 1 aromatic carbocycles. The summed E-state index contributed by atoms with van der Waals surface area (Å²) in [4.78, 5) is 7.24. The second-order valence-corrected chi connectivity index (χ2v) is 6.77. The molecule has 3 rings (SSSR count). The van der Waals surface area contributed by atoms with Crippen molar-refractivity contribution in [2.75, 3.05) is 24.5 Å². The molecule has 2 aromatic rings. The molecule has 0 aliphatic carbocycles. The molecular formula is C18H25N3. The number of rotatable bonds is 4. The van der Waals surface area contributed by atoms with Crippen molar-refractivity contribution in [3.05, 3.63) is 36.0 Å². The molecule has 3 heteroatoms. The van der Waals surface area contributed by atoms with E-state index < -0.39 is 0 Å². The van der Waals surface area contributed by atoms with Crippen molar-refractivity contribution in [2.45, 2.75) is 33.7 Å². The van der Waals surface area contributed by atoms with Gasteiger partial charge in [0.2, 0.25) is 0 Å². The van der Waals surface area contributed by atoms with Crippen LogP contribution in [0.25, 0.3) is 10.8 Å². The summed E-state index contributed by atoms with van der Waals surface area (Å²) in [5.74, 6) is 1.15. The lowest BCUT2D eigenvalue weighted by atomic mass is 9.93. The lowest BCUT2D eigenvalue weighted by molar-refractivity contribution is 0.418. The van der Waals surface area contributed by atoms with Crippen molar-refractivity contribution in [1.29, 1.82) is 0 Å². The molecule has 1 aromatic heterocycles. The number of aromatic nitrogens is 1. The maximum Gasteiger partial charge on any atom is 0.136 e. The molecule has 3 nitrogen and oxygen atoms in total. The zero-order valence-electron chi connectivity index (χ0n) is 13.3. The summed E-state index contributed by atoms with van der Waals surface area (Å²) in [5.41, 5.74) is 1.68. The normalized spacial score (nSPS) is 17.6. The molecule has 0 atom stereocenters. The molecule has 112 valence electrons. The van der Waals surface area contributed by atoms with Crippen LogP contribution < -0.4 is 10.2 Å². The van der Waals surface area contributed by atoms with E-state index in [0.717, 1.165) is 32.0 Å². The Morgan fingerprint density at radius 2 is 2.00 bits per heavy atom. The number of hydrogen-bond donors (Lipinski definition) is 1. The van der Waals surface area contributed by atoms with Gasteiger partial charge in [-0.1, -0.05) is 45.0 Å². The van der Waals surface area contributed by atoms with Crippen LogP contribution in [-0.4, -0.2) is 24.6 Å². The van der Waals surface area contributed by atoms with Gasteiger partial charge in [-0.15, -0.1) is 0 Å². The number of pyridine rings is 1. The van der Waals surface area contributed by atoms with E-state index in [0.29, 0.717) is 5.41 Å². The molecule has 0 amide bonds. The lowest BCUT2D eigenvalue weighted by Crippen LogP contribution is -2.24. The van der Waals surface area contributed by atoms with Crippen molar-refractivity contribution in [2.24, 2.45) is 5.41 Å². The first-order valence-corrected chi connectivity index (χ1v) is 7.93. The van der Waals surface area contributed by atoms with Crippen LogP contribution in [0.5, 0.6) is 0 Å². The first-order chi connectivity index (χ1) is 10.1. The van der Waals surface area contributed by atoms with Crippen LogP contribution in [0.2, 0.25) is 0 Å². The van der Waals surface area contributed by atoms with E-state index in [2.05, 4.69) is 55.3 Å². The molecule has 0 spiro atoms. The van der Waals surface area contributed by atoms with Crippen LogP contribution in [0, 0.1) is 5.41 Å². The minimum atomic E-state index is 0.394. The third kappa shape index (κ3) is 2.88. The average molecular weight is 283 g/mol. The summed E-state index contributed by atoms with van der Waals surface area (Å²) in [6.07, 6.45) is 3.29. The second-order valence-electron chi connectivity index (χ2n) is 6.77. The summed E-state index contributed by atoms with van der Waals surface area (Å²) in [5, 5.41) is 6.02.